The molecule has 2 aromatic carbocycles. The van der Waals surface area contributed by atoms with E-state index in [2.05, 4.69) is 15.6 Å². The van der Waals surface area contributed by atoms with Gasteiger partial charge in [0.1, 0.15) is 11.8 Å². The van der Waals surface area contributed by atoms with Crippen LogP contribution in [0.5, 0.6) is 5.75 Å². The molecule has 33 heavy (non-hydrogen) atoms. The Morgan fingerprint density at radius 1 is 1.09 bits per heavy atom. The molecule has 2 aromatic heterocycles. The molecular formula is C25H26N4O3S. The number of thiazole rings is 1. The second kappa shape index (κ2) is 9.87. The van der Waals surface area contributed by atoms with Crippen LogP contribution in [0.1, 0.15) is 29.8 Å². The predicted molar refractivity (Wildman–Crippen MR) is 130 cm³/mol. The number of phenols is 1. The lowest BCUT2D eigenvalue weighted by atomic mass is 10.0. The van der Waals surface area contributed by atoms with Crippen LogP contribution in [0.3, 0.4) is 0 Å². The molecule has 0 saturated heterocycles. The number of benzene rings is 2. The quantitative estimate of drug-likeness (QED) is 0.370. The normalized spacial score (nSPS) is 12.1. The lowest BCUT2D eigenvalue weighted by Gasteiger charge is -2.22. The molecule has 8 heteroatoms. The van der Waals surface area contributed by atoms with E-state index in [-0.39, 0.29) is 23.5 Å². The van der Waals surface area contributed by atoms with Gasteiger partial charge in [0.2, 0.25) is 5.91 Å². The van der Waals surface area contributed by atoms with Crippen molar-refractivity contribution in [3.05, 3.63) is 78.1 Å². The van der Waals surface area contributed by atoms with Crippen molar-refractivity contribution in [1.82, 2.24) is 20.2 Å². The minimum absolute atomic E-state index is 0.0740. The first-order chi connectivity index (χ1) is 15.9. The highest BCUT2D eigenvalue weighted by molar-refractivity contribution is 7.20. The molecule has 0 spiro atoms. The Kier molecular flexibility index (Phi) is 6.74. The SMILES string of the molecule is CC(C)C(NC(=O)c1ccc2nc(-n3cccc3)sc2c1)C(=O)NCCc1ccc(O)cc1. The van der Waals surface area contributed by atoms with Crippen molar-refractivity contribution < 1.29 is 14.7 Å². The van der Waals surface area contributed by atoms with E-state index in [9.17, 15) is 14.7 Å². The summed E-state index contributed by atoms with van der Waals surface area (Å²) in [5.41, 5.74) is 2.33. The summed E-state index contributed by atoms with van der Waals surface area (Å²) in [5.74, 6) is -0.371. The molecule has 1 unspecified atom stereocenters. The van der Waals surface area contributed by atoms with E-state index in [4.69, 9.17) is 0 Å². The van der Waals surface area contributed by atoms with Crippen LogP contribution in [0, 0.1) is 5.92 Å². The van der Waals surface area contributed by atoms with Crippen LogP contribution in [0.25, 0.3) is 15.3 Å². The summed E-state index contributed by atoms with van der Waals surface area (Å²) in [6.45, 7) is 4.25. The maximum absolute atomic E-state index is 12.9. The Morgan fingerprint density at radius 3 is 2.52 bits per heavy atom. The van der Waals surface area contributed by atoms with Crippen molar-refractivity contribution in [1.29, 1.82) is 0 Å². The molecule has 170 valence electrons. The van der Waals surface area contributed by atoms with Gasteiger partial charge in [0.25, 0.3) is 5.91 Å². The minimum Gasteiger partial charge on any atom is -0.508 e. The molecule has 0 aliphatic rings. The van der Waals surface area contributed by atoms with Crippen LogP contribution in [0.4, 0.5) is 0 Å². The van der Waals surface area contributed by atoms with Crippen LogP contribution in [0.15, 0.2) is 67.0 Å². The highest BCUT2D eigenvalue weighted by atomic mass is 32.1. The van der Waals surface area contributed by atoms with Crippen LogP contribution in [-0.2, 0) is 11.2 Å². The second-order valence-electron chi connectivity index (χ2n) is 8.17. The van der Waals surface area contributed by atoms with Crippen molar-refractivity contribution >= 4 is 33.4 Å². The third-order valence-corrected chi connectivity index (χ3v) is 6.38. The second-order valence-corrected chi connectivity index (χ2v) is 9.18. The van der Waals surface area contributed by atoms with Crippen LogP contribution < -0.4 is 10.6 Å². The summed E-state index contributed by atoms with van der Waals surface area (Å²) in [6.07, 6.45) is 4.49. The van der Waals surface area contributed by atoms with Gasteiger partial charge in [-0.3, -0.25) is 9.59 Å². The molecule has 2 heterocycles. The van der Waals surface area contributed by atoms with Crippen molar-refractivity contribution in [2.45, 2.75) is 26.3 Å². The maximum Gasteiger partial charge on any atom is 0.251 e. The third kappa shape index (κ3) is 5.40. The van der Waals surface area contributed by atoms with Crippen LogP contribution in [-0.4, -0.2) is 39.1 Å². The number of hydrogen-bond donors (Lipinski definition) is 3. The van der Waals surface area contributed by atoms with E-state index in [0.29, 0.717) is 18.5 Å². The van der Waals surface area contributed by atoms with Crippen LogP contribution >= 0.6 is 11.3 Å². The van der Waals surface area contributed by atoms with Crippen molar-refractivity contribution in [3.8, 4) is 10.9 Å². The maximum atomic E-state index is 12.9. The molecule has 4 aromatic rings. The molecule has 0 aliphatic carbocycles. The fourth-order valence-electron chi connectivity index (χ4n) is 3.49. The number of aromatic nitrogens is 2. The smallest absolute Gasteiger partial charge is 0.251 e. The first kappa shape index (κ1) is 22.5. The lowest BCUT2D eigenvalue weighted by molar-refractivity contribution is -0.123. The van der Waals surface area contributed by atoms with Gasteiger partial charge in [-0.25, -0.2) is 4.98 Å². The molecule has 2 amide bonds. The summed E-state index contributed by atoms with van der Waals surface area (Å²) >= 11 is 1.50. The average Bonchev–Trinajstić information content (AvgIpc) is 3.47. The third-order valence-electron chi connectivity index (χ3n) is 5.35. The Balaban J connectivity index is 1.40. The van der Waals surface area contributed by atoms with Gasteiger partial charge in [0.05, 0.1) is 10.2 Å². The summed E-state index contributed by atoms with van der Waals surface area (Å²) in [6, 6.07) is 15.5. The fourth-order valence-corrected chi connectivity index (χ4v) is 4.46. The van der Waals surface area contributed by atoms with Gasteiger partial charge in [-0.15, -0.1) is 0 Å². The fraction of sp³-hybridized carbons (Fsp3) is 0.240. The zero-order valence-electron chi connectivity index (χ0n) is 18.5. The summed E-state index contributed by atoms with van der Waals surface area (Å²) in [7, 11) is 0. The van der Waals surface area contributed by atoms with E-state index in [1.807, 2.05) is 67.2 Å². The van der Waals surface area contributed by atoms with Crippen molar-refractivity contribution in [3.63, 3.8) is 0 Å². The van der Waals surface area contributed by atoms with E-state index in [0.717, 1.165) is 20.9 Å². The largest absolute Gasteiger partial charge is 0.508 e. The first-order valence-electron chi connectivity index (χ1n) is 10.8. The number of rotatable bonds is 8. The number of carbonyl (C=O) groups is 2. The number of hydrogen-bond acceptors (Lipinski definition) is 5. The van der Waals surface area contributed by atoms with Gasteiger partial charge in [-0.2, -0.15) is 0 Å². The van der Waals surface area contributed by atoms with E-state index >= 15 is 0 Å². The zero-order valence-corrected chi connectivity index (χ0v) is 19.3. The summed E-state index contributed by atoms with van der Waals surface area (Å²) < 4.78 is 2.84. The van der Waals surface area contributed by atoms with E-state index < -0.39 is 6.04 Å². The number of phenolic OH excluding ortho intramolecular Hbond substituents is 1. The number of aromatic hydroxyl groups is 1. The standard InChI is InChI=1S/C25H26N4O3S/c1-16(2)22(24(32)26-12-11-17-5-8-19(30)9-6-17)28-23(31)18-7-10-20-21(15-18)33-25(27-20)29-13-3-4-14-29/h3-10,13-16,22,30H,11-12H2,1-2H3,(H,26,32)(H,28,31). The Bertz CT molecular complexity index is 1250. The number of carbonyl (C=O) groups excluding carboxylic acids is 2. The van der Waals surface area contributed by atoms with Gasteiger partial charge >= 0.3 is 0 Å². The van der Waals surface area contributed by atoms with Gasteiger partial charge < -0.3 is 20.3 Å². The molecule has 3 N–H and O–H groups in total. The predicted octanol–water partition coefficient (Wildman–Crippen LogP) is 3.91. The lowest BCUT2D eigenvalue weighted by Crippen LogP contribution is -2.50. The highest BCUT2D eigenvalue weighted by Crippen LogP contribution is 2.26. The van der Waals surface area contributed by atoms with Gasteiger partial charge in [0, 0.05) is 24.5 Å². The summed E-state index contributed by atoms with van der Waals surface area (Å²) in [5, 5.41) is 16.0. The van der Waals surface area contributed by atoms with Crippen molar-refractivity contribution in [2.24, 2.45) is 5.92 Å². The molecule has 0 fully saturated rings. The Labute approximate surface area is 196 Å². The Hall–Kier alpha value is -3.65. The first-order valence-corrected chi connectivity index (χ1v) is 11.6. The van der Waals surface area contributed by atoms with E-state index in [1.165, 1.54) is 11.3 Å². The van der Waals surface area contributed by atoms with Gasteiger partial charge in [-0.05, 0) is 60.4 Å². The molecule has 7 nitrogen and oxygen atoms in total. The topological polar surface area (TPSA) is 96.2 Å². The number of fused-ring (bicyclic) bond motifs is 1. The molecule has 0 radical (unpaired) electrons. The number of nitrogens with one attached hydrogen (secondary N) is 2. The molecule has 4 rings (SSSR count). The Morgan fingerprint density at radius 2 is 1.82 bits per heavy atom. The van der Waals surface area contributed by atoms with Crippen LogP contribution in [0.2, 0.25) is 0 Å². The molecular weight excluding hydrogens is 436 g/mol. The highest BCUT2D eigenvalue weighted by Gasteiger charge is 2.24. The van der Waals surface area contributed by atoms with Crippen molar-refractivity contribution in [2.75, 3.05) is 6.54 Å². The number of nitrogens with zero attached hydrogens (tertiary/aromatic N) is 2. The molecule has 1 atom stereocenters. The molecule has 0 saturated carbocycles. The van der Waals surface area contributed by atoms with Gasteiger partial charge in [0.15, 0.2) is 5.13 Å². The monoisotopic (exact) mass is 462 g/mol. The molecule has 0 aliphatic heterocycles. The zero-order chi connectivity index (χ0) is 23.4. The molecule has 0 bridgehead atoms. The summed E-state index contributed by atoms with van der Waals surface area (Å²) in [4.78, 5) is 30.3. The number of amides is 2. The average molecular weight is 463 g/mol. The van der Waals surface area contributed by atoms with Gasteiger partial charge in [-0.1, -0.05) is 37.3 Å². The minimum atomic E-state index is -0.648. The van der Waals surface area contributed by atoms with E-state index in [1.54, 1.807) is 18.2 Å².